The zero-order valence-corrected chi connectivity index (χ0v) is 12.8. The predicted octanol–water partition coefficient (Wildman–Crippen LogP) is 2.71. The summed E-state index contributed by atoms with van der Waals surface area (Å²) in [6.07, 6.45) is 0.225. The number of hydrogen-bond donors (Lipinski definition) is 1. The molecule has 2 rings (SSSR count). The van der Waals surface area contributed by atoms with Gasteiger partial charge < -0.3 is 5.32 Å². The van der Waals surface area contributed by atoms with Crippen LogP contribution in [0.5, 0.6) is 0 Å². The highest BCUT2D eigenvalue weighted by Crippen LogP contribution is 2.26. The van der Waals surface area contributed by atoms with Crippen LogP contribution in [0.25, 0.3) is 0 Å². The van der Waals surface area contributed by atoms with Crippen LogP contribution in [0.4, 0.5) is 5.69 Å². The third kappa shape index (κ3) is 2.66. The van der Waals surface area contributed by atoms with Crippen molar-refractivity contribution < 1.29 is 9.59 Å². The number of rotatable bonds is 3. The molecule has 1 aliphatic heterocycles. The van der Waals surface area contributed by atoms with Gasteiger partial charge >= 0.3 is 0 Å². The van der Waals surface area contributed by atoms with Crippen molar-refractivity contribution >= 4 is 33.4 Å². The highest BCUT2D eigenvalue weighted by atomic mass is 79.9. The van der Waals surface area contributed by atoms with Gasteiger partial charge in [-0.25, -0.2) is 0 Å². The summed E-state index contributed by atoms with van der Waals surface area (Å²) in [5.74, 6) is -0.246. The molecule has 2 amide bonds. The van der Waals surface area contributed by atoms with Crippen molar-refractivity contribution in [3.8, 4) is 0 Å². The van der Waals surface area contributed by atoms with Crippen molar-refractivity contribution in [2.45, 2.75) is 39.3 Å². The van der Waals surface area contributed by atoms with E-state index in [1.54, 1.807) is 0 Å². The summed E-state index contributed by atoms with van der Waals surface area (Å²) < 4.78 is 0.981. The van der Waals surface area contributed by atoms with E-state index >= 15 is 0 Å². The molecule has 1 atom stereocenters. The monoisotopic (exact) mass is 324 g/mol. The van der Waals surface area contributed by atoms with Crippen molar-refractivity contribution in [3.63, 3.8) is 0 Å². The third-order valence-electron chi connectivity index (χ3n) is 3.30. The molecule has 4 nitrogen and oxygen atoms in total. The highest BCUT2D eigenvalue weighted by molar-refractivity contribution is 9.10. The first-order valence-electron chi connectivity index (χ1n) is 6.29. The van der Waals surface area contributed by atoms with E-state index < -0.39 is 6.04 Å². The molecule has 0 spiro atoms. The Balaban J connectivity index is 2.19. The first-order valence-corrected chi connectivity index (χ1v) is 7.08. The minimum atomic E-state index is -0.456. The predicted molar refractivity (Wildman–Crippen MR) is 77.9 cm³/mol. The number of nitrogens with one attached hydrogen (secondary N) is 1. The van der Waals surface area contributed by atoms with Crippen LogP contribution in [0.15, 0.2) is 22.7 Å². The molecule has 1 aromatic carbocycles. The van der Waals surface area contributed by atoms with Crippen LogP contribution in [-0.4, -0.2) is 28.8 Å². The van der Waals surface area contributed by atoms with Gasteiger partial charge in [-0.2, -0.15) is 0 Å². The number of halogens is 1. The van der Waals surface area contributed by atoms with Crippen molar-refractivity contribution in [2.24, 2.45) is 0 Å². The number of likely N-dealkylation sites (tertiary alicyclic amines) is 1. The van der Waals surface area contributed by atoms with Gasteiger partial charge in [-0.1, -0.05) is 22.0 Å². The van der Waals surface area contributed by atoms with E-state index in [4.69, 9.17) is 0 Å². The second kappa shape index (κ2) is 5.33. The molecule has 0 radical (unpaired) electrons. The van der Waals surface area contributed by atoms with Gasteiger partial charge in [0.05, 0.1) is 6.42 Å². The highest BCUT2D eigenvalue weighted by Gasteiger charge is 2.39. The van der Waals surface area contributed by atoms with Gasteiger partial charge in [-0.3, -0.25) is 14.5 Å². The van der Waals surface area contributed by atoms with E-state index in [-0.39, 0.29) is 24.3 Å². The number of imide groups is 1. The van der Waals surface area contributed by atoms with Crippen LogP contribution in [0.1, 0.15) is 25.8 Å². The van der Waals surface area contributed by atoms with Crippen LogP contribution < -0.4 is 5.32 Å². The molecule has 19 heavy (non-hydrogen) atoms. The third-order valence-corrected chi connectivity index (χ3v) is 4.16. The van der Waals surface area contributed by atoms with Crippen LogP contribution in [0.2, 0.25) is 0 Å². The minimum absolute atomic E-state index is 0.0876. The lowest BCUT2D eigenvalue weighted by Crippen LogP contribution is -2.39. The van der Waals surface area contributed by atoms with Gasteiger partial charge in [0.2, 0.25) is 5.91 Å². The van der Waals surface area contributed by atoms with E-state index in [0.29, 0.717) is 0 Å². The molecule has 1 heterocycles. The molecule has 1 saturated heterocycles. The first-order chi connectivity index (χ1) is 8.91. The standard InChI is InChI=1S/C14H17BrN2O2/c1-8(2)17-13(18)7-12(14(17)19)16-11-6-4-5-10(15)9(11)3/h4-6,8,12,16H,7H2,1-3H3. The number of hydrogen-bond acceptors (Lipinski definition) is 3. The fourth-order valence-electron chi connectivity index (χ4n) is 2.26. The van der Waals surface area contributed by atoms with Gasteiger partial charge in [0, 0.05) is 16.2 Å². The van der Waals surface area contributed by atoms with E-state index in [2.05, 4.69) is 21.2 Å². The molecule has 1 N–H and O–H groups in total. The number of carbonyl (C=O) groups is 2. The molecule has 0 aliphatic carbocycles. The average molecular weight is 325 g/mol. The summed E-state index contributed by atoms with van der Waals surface area (Å²) in [5.41, 5.74) is 1.91. The summed E-state index contributed by atoms with van der Waals surface area (Å²) in [6, 6.07) is 5.22. The fraction of sp³-hybridized carbons (Fsp3) is 0.429. The lowest BCUT2D eigenvalue weighted by molar-refractivity contribution is -0.140. The van der Waals surface area contributed by atoms with Crippen LogP contribution in [0.3, 0.4) is 0 Å². The molecule has 5 heteroatoms. The Bertz CT molecular complexity index is 528. The van der Waals surface area contributed by atoms with Gasteiger partial charge in [-0.05, 0) is 38.5 Å². The topological polar surface area (TPSA) is 49.4 Å². The molecule has 102 valence electrons. The summed E-state index contributed by atoms with van der Waals surface area (Å²) in [5, 5.41) is 3.17. The lowest BCUT2D eigenvalue weighted by Gasteiger charge is -2.20. The molecular formula is C14H17BrN2O2. The Labute approximate surface area is 121 Å². The molecule has 0 aromatic heterocycles. The van der Waals surface area contributed by atoms with Crippen molar-refractivity contribution in [2.75, 3.05) is 5.32 Å². The number of anilines is 1. The Morgan fingerprint density at radius 2 is 2.05 bits per heavy atom. The molecule has 1 fully saturated rings. The minimum Gasteiger partial charge on any atom is -0.373 e. The van der Waals surface area contributed by atoms with Crippen molar-refractivity contribution in [1.82, 2.24) is 4.90 Å². The number of amides is 2. The van der Waals surface area contributed by atoms with E-state index in [0.717, 1.165) is 15.7 Å². The summed E-state index contributed by atoms with van der Waals surface area (Å²) in [7, 11) is 0. The van der Waals surface area contributed by atoms with E-state index in [1.807, 2.05) is 39.0 Å². The number of nitrogens with zero attached hydrogens (tertiary/aromatic N) is 1. The van der Waals surface area contributed by atoms with Crippen molar-refractivity contribution in [3.05, 3.63) is 28.2 Å². The van der Waals surface area contributed by atoms with Crippen LogP contribution >= 0.6 is 15.9 Å². The maximum Gasteiger partial charge on any atom is 0.252 e. The summed E-state index contributed by atoms with van der Waals surface area (Å²) in [4.78, 5) is 25.4. The van der Waals surface area contributed by atoms with Gasteiger partial charge in [-0.15, -0.1) is 0 Å². The van der Waals surface area contributed by atoms with E-state index in [9.17, 15) is 9.59 Å². The molecule has 1 aliphatic rings. The van der Waals surface area contributed by atoms with Crippen molar-refractivity contribution in [1.29, 1.82) is 0 Å². The van der Waals surface area contributed by atoms with Gasteiger partial charge in [0.15, 0.2) is 0 Å². The molecule has 0 saturated carbocycles. The smallest absolute Gasteiger partial charge is 0.252 e. The number of benzene rings is 1. The average Bonchev–Trinajstić information content (AvgIpc) is 2.60. The quantitative estimate of drug-likeness (QED) is 0.870. The van der Waals surface area contributed by atoms with Gasteiger partial charge in [0.25, 0.3) is 5.91 Å². The number of carbonyl (C=O) groups excluding carboxylic acids is 2. The second-order valence-corrected chi connectivity index (χ2v) is 5.86. The maximum atomic E-state index is 12.2. The SMILES string of the molecule is Cc1c(Br)cccc1NC1CC(=O)N(C(C)C)C1=O. The summed E-state index contributed by atoms with van der Waals surface area (Å²) in [6.45, 7) is 5.67. The Morgan fingerprint density at radius 1 is 1.37 bits per heavy atom. The Hall–Kier alpha value is -1.36. The normalized spacial score (nSPS) is 19.4. The molecule has 0 bridgehead atoms. The largest absolute Gasteiger partial charge is 0.373 e. The molecular weight excluding hydrogens is 308 g/mol. The zero-order valence-electron chi connectivity index (χ0n) is 11.2. The summed E-state index contributed by atoms with van der Waals surface area (Å²) >= 11 is 3.46. The second-order valence-electron chi connectivity index (χ2n) is 5.01. The Morgan fingerprint density at radius 3 is 2.63 bits per heavy atom. The molecule has 1 aromatic rings. The first kappa shape index (κ1) is 14.1. The van der Waals surface area contributed by atoms with E-state index in [1.165, 1.54) is 4.90 Å². The van der Waals surface area contributed by atoms with Crippen LogP contribution in [-0.2, 0) is 9.59 Å². The van der Waals surface area contributed by atoms with Crippen LogP contribution in [0, 0.1) is 6.92 Å². The maximum absolute atomic E-state index is 12.2. The Kier molecular flexibility index (Phi) is 3.94. The lowest BCUT2D eigenvalue weighted by atomic mass is 10.1. The molecule has 1 unspecified atom stereocenters. The fourth-order valence-corrected chi connectivity index (χ4v) is 2.62. The van der Waals surface area contributed by atoms with Gasteiger partial charge in [0.1, 0.15) is 6.04 Å². The zero-order chi connectivity index (χ0) is 14.2.